The van der Waals surface area contributed by atoms with Gasteiger partial charge in [-0.1, -0.05) is 37.6 Å². The largest absolute Gasteiger partial charge is 0.573 e. The number of nitrogens with one attached hydrogen (secondary N) is 1. The van der Waals surface area contributed by atoms with Crippen LogP contribution in [0.4, 0.5) is 18.9 Å². The first-order chi connectivity index (χ1) is 13.4. The van der Waals surface area contributed by atoms with Gasteiger partial charge in [0.1, 0.15) is 12.5 Å². The van der Waals surface area contributed by atoms with Gasteiger partial charge in [-0.3, -0.25) is 0 Å². The number of carbonyl (C=O) groups is 1. The molecule has 0 unspecified atom stereocenters. The van der Waals surface area contributed by atoms with E-state index in [1.807, 2.05) is 6.79 Å². The van der Waals surface area contributed by atoms with Crippen LogP contribution < -0.4 is 10.1 Å². The minimum Gasteiger partial charge on any atom is -0.406 e. The van der Waals surface area contributed by atoms with E-state index in [0.717, 1.165) is 13.7 Å². The standard InChI is InChI=1S/C11H17NS.C7H5F3O.CH4O.CH2O/c1-3-4-8-12-10-6-5-7-11(9-10)13-2;8-7(9,10)11-6-4-2-1-3-5-6;2*1-2/h5-7,9,12H,3-4,8H2,1-2H3;1-5H;2H,1H3;1H2. The van der Waals surface area contributed by atoms with Crippen LogP contribution >= 0.6 is 11.8 Å². The smallest absolute Gasteiger partial charge is 0.406 e. The molecule has 28 heavy (non-hydrogen) atoms. The van der Waals surface area contributed by atoms with E-state index in [1.54, 1.807) is 17.8 Å². The maximum atomic E-state index is 11.5. The van der Waals surface area contributed by atoms with Gasteiger partial charge < -0.3 is 20.0 Å². The van der Waals surface area contributed by atoms with Crippen LogP contribution in [0, 0.1) is 0 Å². The molecule has 8 heteroatoms. The van der Waals surface area contributed by atoms with Gasteiger partial charge in [0.15, 0.2) is 0 Å². The van der Waals surface area contributed by atoms with Crippen LogP contribution in [0.25, 0.3) is 0 Å². The summed E-state index contributed by atoms with van der Waals surface area (Å²) in [4.78, 5) is 9.32. The number of unbranched alkanes of at least 4 members (excludes halogenated alkanes) is 1. The minimum atomic E-state index is -4.60. The highest BCUT2D eigenvalue weighted by atomic mass is 32.2. The van der Waals surface area contributed by atoms with Crippen LogP contribution in [0.1, 0.15) is 19.8 Å². The number of aliphatic hydroxyl groups is 1. The van der Waals surface area contributed by atoms with Crippen molar-refractivity contribution >= 4 is 24.2 Å². The van der Waals surface area contributed by atoms with Crippen LogP contribution in [0.5, 0.6) is 5.75 Å². The highest BCUT2D eigenvalue weighted by Crippen LogP contribution is 2.21. The van der Waals surface area contributed by atoms with E-state index in [4.69, 9.17) is 9.90 Å². The third-order valence-electron chi connectivity index (χ3n) is 2.91. The number of thioether (sulfide) groups is 1. The Morgan fingerprint density at radius 3 is 2.18 bits per heavy atom. The van der Waals surface area contributed by atoms with Gasteiger partial charge in [-0.15, -0.1) is 24.9 Å². The Morgan fingerprint density at radius 2 is 1.68 bits per heavy atom. The molecule has 0 aliphatic carbocycles. The molecule has 0 atom stereocenters. The Kier molecular flexibility index (Phi) is 18.2. The first-order valence-corrected chi connectivity index (χ1v) is 9.59. The number of hydrogen-bond donors (Lipinski definition) is 2. The molecule has 0 amide bonds. The molecular weight excluding hydrogens is 391 g/mol. The highest BCUT2D eigenvalue weighted by molar-refractivity contribution is 7.98. The number of halogens is 3. The minimum absolute atomic E-state index is 0.194. The van der Waals surface area contributed by atoms with Gasteiger partial charge in [0.05, 0.1) is 0 Å². The molecule has 0 aromatic heterocycles. The lowest BCUT2D eigenvalue weighted by Crippen LogP contribution is -2.16. The second kappa shape index (κ2) is 18.2. The second-order valence-corrected chi connectivity index (χ2v) is 5.75. The molecule has 0 radical (unpaired) electrons. The molecule has 0 spiro atoms. The monoisotopic (exact) mass is 419 g/mol. The van der Waals surface area contributed by atoms with Crippen LogP contribution in [0.2, 0.25) is 0 Å². The summed E-state index contributed by atoms with van der Waals surface area (Å²) in [5.74, 6) is -0.194. The fraction of sp³-hybridized carbons (Fsp3) is 0.350. The predicted octanol–water partition coefficient (Wildman–Crippen LogP) is 5.63. The zero-order valence-electron chi connectivity index (χ0n) is 16.3. The van der Waals surface area contributed by atoms with Crippen molar-refractivity contribution in [3.05, 3.63) is 54.6 Å². The number of alkyl halides is 3. The van der Waals surface area contributed by atoms with Crippen LogP contribution in [0.3, 0.4) is 0 Å². The molecule has 0 saturated carbocycles. The number of hydrogen-bond acceptors (Lipinski definition) is 5. The third kappa shape index (κ3) is 16.0. The number of para-hydroxylation sites is 1. The summed E-state index contributed by atoms with van der Waals surface area (Å²) in [5, 5.41) is 10.4. The van der Waals surface area contributed by atoms with Crippen LogP contribution in [-0.4, -0.2) is 38.2 Å². The Balaban J connectivity index is 0. The molecule has 2 aromatic carbocycles. The van der Waals surface area contributed by atoms with E-state index in [-0.39, 0.29) is 5.75 Å². The zero-order chi connectivity index (χ0) is 21.8. The van der Waals surface area contributed by atoms with Crippen molar-refractivity contribution in [2.24, 2.45) is 0 Å². The summed E-state index contributed by atoms with van der Waals surface area (Å²) in [6.45, 7) is 5.29. The Bertz CT molecular complexity index is 599. The van der Waals surface area contributed by atoms with E-state index in [0.29, 0.717) is 0 Å². The van der Waals surface area contributed by atoms with Crippen molar-refractivity contribution in [3.8, 4) is 5.75 Å². The molecule has 4 nitrogen and oxygen atoms in total. The molecule has 158 valence electrons. The maximum absolute atomic E-state index is 11.5. The topological polar surface area (TPSA) is 58.6 Å². The summed E-state index contributed by atoms with van der Waals surface area (Å²) in [6.07, 6.45) is -0.00871. The van der Waals surface area contributed by atoms with Gasteiger partial charge in [-0.2, -0.15) is 0 Å². The van der Waals surface area contributed by atoms with Crippen molar-refractivity contribution in [2.45, 2.75) is 31.0 Å². The first-order valence-electron chi connectivity index (χ1n) is 8.37. The van der Waals surface area contributed by atoms with Gasteiger partial charge in [0.2, 0.25) is 0 Å². The number of anilines is 1. The molecule has 2 aromatic rings. The van der Waals surface area contributed by atoms with E-state index in [2.05, 4.69) is 47.5 Å². The van der Waals surface area contributed by atoms with Gasteiger partial charge in [-0.25, -0.2) is 0 Å². The summed E-state index contributed by atoms with van der Waals surface area (Å²) in [5.41, 5.74) is 1.24. The summed E-state index contributed by atoms with van der Waals surface area (Å²) >= 11 is 1.78. The molecule has 0 aliphatic heterocycles. The SMILES string of the molecule is C=O.CCCCNc1cccc(SC)c1.CO.FC(F)(F)Oc1ccccc1. The molecule has 0 aliphatic rings. The molecule has 2 N–H and O–H groups in total. The number of carbonyl (C=O) groups excluding carboxylic acids is 1. The van der Waals surface area contributed by atoms with Gasteiger partial charge in [0.25, 0.3) is 0 Å². The Morgan fingerprint density at radius 1 is 1.07 bits per heavy atom. The quantitative estimate of drug-likeness (QED) is 0.469. The highest BCUT2D eigenvalue weighted by Gasteiger charge is 2.30. The van der Waals surface area contributed by atoms with Gasteiger partial charge in [-0.05, 0) is 43.0 Å². The summed E-state index contributed by atoms with van der Waals surface area (Å²) in [6, 6.07) is 15.6. The Hall–Kier alpha value is -2.19. The number of benzene rings is 2. The van der Waals surface area contributed by atoms with Crippen LogP contribution in [-0.2, 0) is 4.79 Å². The van der Waals surface area contributed by atoms with Gasteiger partial charge >= 0.3 is 6.36 Å². The normalized spacial score (nSPS) is 9.39. The molecule has 0 saturated heterocycles. The second-order valence-electron chi connectivity index (χ2n) is 4.87. The fourth-order valence-corrected chi connectivity index (χ4v) is 2.22. The van der Waals surface area contributed by atoms with Crippen molar-refractivity contribution < 1.29 is 27.8 Å². The predicted molar refractivity (Wildman–Crippen MR) is 110 cm³/mol. The summed E-state index contributed by atoms with van der Waals surface area (Å²) < 4.78 is 38.2. The average molecular weight is 420 g/mol. The third-order valence-corrected chi connectivity index (χ3v) is 3.63. The van der Waals surface area contributed by atoms with Gasteiger partial charge in [0, 0.05) is 24.2 Å². The summed E-state index contributed by atoms with van der Waals surface area (Å²) in [7, 11) is 1.00. The van der Waals surface area contributed by atoms with Crippen molar-refractivity contribution in [1.29, 1.82) is 0 Å². The average Bonchev–Trinajstić information content (AvgIpc) is 2.71. The molecule has 0 fully saturated rings. The lowest BCUT2D eigenvalue weighted by atomic mass is 10.3. The van der Waals surface area contributed by atoms with E-state index in [9.17, 15) is 13.2 Å². The van der Waals surface area contributed by atoms with E-state index >= 15 is 0 Å². The Labute approximate surface area is 169 Å². The zero-order valence-corrected chi connectivity index (χ0v) is 17.1. The molecule has 0 bridgehead atoms. The van der Waals surface area contributed by atoms with Crippen molar-refractivity contribution in [3.63, 3.8) is 0 Å². The first kappa shape index (κ1) is 28.0. The lowest BCUT2D eigenvalue weighted by Gasteiger charge is -2.07. The molecule has 2 rings (SSSR count). The van der Waals surface area contributed by atoms with Crippen molar-refractivity contribution in [1.82, 2.24) is 0 Å². The maximum Gasteiger partial charge on any atom is 0.573 e. The number of ether oxygens (including phenoxy) is 1. The van der Waals surface area contributed by atoms with E-state index < -0.39 is 6.36 Å². The number of rotatable bonds is 6. The molecule has 0 heterocycles. The molecular formula is C20H28F3NO3S. The van der Waals surface area contributed by atoms with Crippen LogP contribution in [0.15, 0.2) is 59.5 Å². The lowest BCUT2D eigenvalue weighted by molar-refractivity contribution is -0.274. The number of aliphatic hydroxyl groups excluding tert-OH is 1. The van der Waals surface area contributed by atoms with E-state index in [1.165, 1.54) is 47.7 Å². The fourth-order valence-electron chi connectivity index (χ4n) is 1.76. The van der Waals surface area contributed by atoms with Crippen molar-refractivity contribution in [2.75, 3.05) is 25.2 Å².